The van der Waals surface area contributed by atoms with Gasteiger partial charge in [-0.05, 0) is 42.3 Å². The predicted octanol–water partition coefficient (Wildman–Crippen LogP) is 5.13. The Morgan fingerprint density at radius 3 is 2.65 bits per heavy atom. The summed E-state index contributed by atoms with van der Waals surface area (Å²) >= 11 is 17.4. The summed E-state index contributed by atoms with van der Waals surface area (Å²) in [4.78, 5) is 1.09. The minimum atomic E-state index is 0.0515. The summed E-state index contributed by atoms with van der Waals surface area (Å²) in [5.41, 5.74) is 1.09. The molecule has 1 nitrogen and oxygen atoms in total. The third-order valence-electron chi connectivity index (χ3n) is 2.46. The Morgan fingerprint density at radius 1 is 1.29 bits per heavy atom. The Hall–Kier alpha value is -0.0600. The lowest BCUT2D eigenvalue weighted by molar-refractivity contribution is 0.701. The second-order valence-corrected chi connectivity index (χ2v) is 6.17. The molecule has 0 saturated heterocycles. The number of nitrogens with one attached hydrogen (secondary N) is 1. The maximum atomic E-state index is 6.18. The van der Waals surface area contributed by atoms with Crippen molar-refractivity contribution in [3.8, 4) is 0 Å². The van der Waals surface area contributed by atoms with Crippen molar-refractivity contribution < 1.29 is 0 Å². The van der Waals surface area contributed by atoms with Crippen LogP contribution in [-0.2, 0) is 0 Å². The zero-order chi connectivity index (χ0) is 12.4. The van der Waals surface area contributed by atoms with Gasteiger partial charge in [-0.1, -0.05) is 39.1 Å². The van der Waals surface area contributed by atoms with Gasteiger partial charge in [0.15, 0.2) is 0 Å². The molecule has 1 aromatic heterocycles. The average Bonchev–Trinajstić information content (AvgIpc) is 2.71. The van der Waals surface area contributed by atoms with E-state index in [4.69, 9.17) is 23.2 Å². The van der Waals surface area contributed by atoms with Crippen LogP contribution in [0.5, 0.6) is 0 Å². The van der Waals surface area contributed by atoms with Crippen LogP contribution in [0.3, 0.4) is 0 Å². The van der Waals surface area contributed by atoms with Crippen LogP contribution in [0.25, 0.3) is 0 Å². The summed E-state index contributed by atoms with van der Waals surface area (Å²) in [6.45, 7) is 0. The molecule has 0 aliphatic heterocycles. The van der Waals surface area contributed by atoms with Gasteiger partial charge in [-0.2, -0.15) is 0 Å². The van der Waals surface area contributed by atoms with Crippen LogP contribution in [0, 0.1) is 0 Å². The van der Waals surface area contributed by atoms with Crippen LogP contribution in [0.15, 0.2) is 34.1 Å². The van der Waals surface area contributed by atoms with Crippen LogP contribution in [0.4, 0.5) is 0 Å². The number of halogens is 3. The molecule has 0 fully saturated rings. The Balaban J connectivity index is 2.49. The summed E-state index contributed by atoms with van der Waals surface area (Å²) in [6.07, 6.45) is 0. The summed E-state index contributed by atoms with van der Waals surface area (Å²) in [5.74, 6) is 0. The van der Waals surface area contributed by atoms with Crippen LogP contribution in [0.1, 0.15) is 16.5 Å². The third kappa shape index (κ3) is 2.85. The predicted molar refractivity (Wildman–Crippen MR) is 79.4 cm³/mol. The molecule has 2 rings (SSSR count). The highest BCUT2D eigenvalue weighted by Gasteiger charge is 2.19. The highest BCUT2D eigenvalue weighted by Crippen LogP contribution is 2.36. The van der Waals surface area contributed by atoms with Crippen molar-refractivity contribution in [2.75, 3.05) is 7.05 Å². The molecule has 1 N–H and O–H groups in total. The monoisotopic (exact) mass is 349 g/mol. The van der Waals surface area contributed by atoms with Crippen molar-refractivity contribution >= 4 is 50.5 Å². The number of thiophene rings is 1. The normalized spacial score (nSPS) is 12.7. The van der Waals surface area contributed by atoms with E-state index in [1.165, 1.54) is 0 Å². The first-order chi connectivity index (χ1) is 8.13. The zero-order valence-electron chi connectivity index (χ0n) is 9.01. The molecule has 0 radical (unpaired) electrons. The fourth-order valence-electron chi connectivity index (χ4n) is 1.68. The van der Waals surface area contributed by atoms with E-state index in [9.17, 15) is 0 Å². The maximum Gasteiger partial charge on any atom is 0.0695 e. The second kappa shape index (κ2) is 5.72. The lowest BCUT2D eigenvalue weighted by Crippen LogP contribution is -2.17. The van der Waals surface area contributed by atoms with Crippen molar-refractivity contribution in [1.29, 1.82) is 0 Å². The van der Waals surface area contributed by atoms with Crippen molar-refractivity contribution in [3.63, 3.8) is 0 Å². The number of hydrogen-bond acceptors (Lipinski definition) is 2. The summed E-state index contributed by atoms with van der Waals surface area (Å²) in [6, 6.07) is 7.71. The molecule has 0 aliphatic carbocycles. The minimum Gasteiger partial charge on any atom is -0.309 e. The molecule has 1 heterocycles. The van der Waals surface area contributed by atoms with Gasteiger partial charge >= 0.3 is 0 Å². The van der Waals surface area contributed by atoms with Crippen molar-refractivity contribution in [2.24, 2.45) is 0 Å². The van der Waals surface area contributed by atoms with Gasteiger partial charge in [-0.25, -0.2) is 0 Å². The average molecular weight is 351 g/mol. The molecule has 90 valence electrons. The molecule has 5 heteroatoms. The van der Waals surface area contributed by atoms with E-state index >= 15 is 0 Å². The first-order valence-corrected chi connectivity index (χ1v) is 7.41. The van der Waals surface area contributed by atoms with E-state index in [1.54, 1.807) is 11.3 Å². The molecule has 1 unspecified atom stereocenters. The SMILES string of the molecule is CNC(c1cc(Cl)ccc1Br)c1sccc1Cl. The fourth-order valence-corrected chi connectivity index (χ4v) is 3.62. The van der Waals surface area contributed by atoms with Gasteiger partial charge in [0.2, 0.25) is 0 Å². The molecule has 0 saturated carbocycles. The lowest BCUT2D eigenvalue weighted by Gasteiger charge is -2.17. The molecule has 1 atom stereocenters. The molecule has 1 aromatic carbocycles. The Morgan fingerprint density at radius 2 is 2.06 bits per heavy atom. The van der Waals surface area contributed by atoms with Gasteiger partial charge in [0.25, 0.3) is 0 Å². The zero-order valence-corrected chi connectivity index (χ0v) is 12.9. The van der Waals surface area contributed by atoms with Crippen molar-refractivity contribution in [3.05, 3.63) is 54.6 Å². The standard InChI is InChI=1S/C12H10BrCl2NS/c1-16-11(12-10(15)4-5-17-12)8-6-7(14)2-3-9(8)13/h2-6,11,16H,1H3. The Bertz CT molecular complexity index is 527. The Kier molecular flexibility index (Phi) is 4.50. The van der Waals surface area contributed by atoms with E-state index < -0.39 is 0 Å². The van der Waals surface area contributed by atoms with Gasteiger partial charge in [0, 0.05) is 14.4 Å². The summed E-state index contributed by atoms with van der Waals surface area (Å²) in [5, 5.41) is 6.75. The van der Waals surface area contributed by atoms with E-state index in [1.807, 2.05) is 36.7 Å². The molecular formula is C12H10BrCl2NS. The topological polar surface area (TPSA) is 12.0 Å². The van der Waals surface area contributed by atoms with Crippen LogP contribution in [0.2, 0.25) is 10.0 Å². The summed E-state index contributed by atoms with van der Waals surface area (Å²) < 4.78 is 1.02. The molecule has 2 aromatic rings. The highest BCUT2D eigenvalue weighted by molar-refractivity contribution is 9.10. The van der Waals surface area contributed by atoms with E-state index in [0.717, 1.165) is 25.0 Å². The van der Waals surface area contributed by atoms with Crippen molar-refractivity contribution in [1.82, 2.24) is 5.32 Å². The van der Waals surface area contributed by atoms with Crippen molar-refractivity contribution in [2.45, 2.75) is 6.04 Å². The minimum absolute atomic E-state index is 0.0515. The fraction of sp³-hybridized carbons (Fsp3) is 0.167. The second-order valence-electron chi connectivity index (χ2n) is 3.52. The van der Waals surface area contributed by atoms with Crippen LogP contribution >= 0.6 is 50.5 Å². The van der Waals surface area contributed by atoms with Gasteiger partial charge in [0.1, 0.15) is 0 Å². The lowest BCUT2D eigenvalue weighted by atomic mass is 10.1. The van der Waals surface area contributed by atoms with Crippen LogP contribution < -0.4 is 5.32 Å². The first kappa shape index (κ1) is 13.4. The molecule has 0 amide bonds. The van der Waals surface area contributed by atoms with Gasteiger partial charge in [0.05, 0.1) is 11.1 Å². The summed E-state index contributed by atoms with van der Waals surface area (Å²) in [7, 11) is 1.91. The van der Waals surface area contributed by atoms with E-state index in [0.29, 0.717) is 0 Å². The Labute approximate surface area is 123 Å². The molecule has 0 spiro atoms. The molecular weight excluding hydrogens is 341 g/mol. The number of benzene rings is 1. The van der Waals surface area contributed by atoms with Crippen LogP contribution in [-0.4, -0.2) is 7.05 Å². The third-order valence-corrected chi connectivity index (χ3v) is 4.85. The maximum absolute atomic E-state index is 6.18. The number of rotatable bonds is 3. The first-order valence-electron chi connectivity index (χ1n) is 4.98. The smallest absolute Gasteiger partial charge is 0.0695 e. The molecule has 0 bridgehead atoms. The largest absolute Gasteiger partial charge is 0.309 e. The number of hydrogen-bond donors (Lipinski definition) is 1. The molecule has 17 heavy (non-hydrogen) atoms. The van der Waals surface area contributed by atoms with E-state index in [-0.39, 0.29) is 6.04 Å². The van der Waals surface area contributed by atoms with Gasteiger partial charge in [-0.15, -0.1) is 11.3 Å². The highest BCUT2D eigenvalue weighted by atomic mass is 79.9. The van der Waals surface area contributed by atoms with Gasteiger partial charge in [-0.3, -0.25) is 0 Å². The molecule has 0 aliphatic rings. The van der Waals surface area contributed by atoms with Gasteiger partial charge < -0.3 is 5.32 Å². The van der Waals surface area contributed by atoms with E-state index in [2.05, 4.69) is 21.2 Å². The quantitative estimate of drug-likeness (QED) is 0.809.